The predicted octanol–water partition coefficient (Wildman–Crippen LogP) is 3.92. The van der Waals surface area contributed by atoms with E-state index in [0.29, 0.717) is 0 Å². The molecular formula is C11H10F3N3O2. The van der Waals surface area contributed by atoms with Gasteiger partial charge in [0.15, 0.2) is 0 Å². The van der Waals surface area contributed by atoms with Gasteiger partial charge in [0.05, 0.1) is 12.5 Å². The number of rotatable bonds is 4. The number of azide groups is 1. The minimum Gasteiger partial charge on any atom is -0.427 e. The van der Waals surface area contributed by atoms with Crippen molar-refractivity contribution in [3.8, 4) is 5.75 Å². The number of alkyl halides is 3. The van der Waals surface area contributed by atoms with E-state index in [0.717, 1.165) is 0 Å². The SMILES string of the molecule is CC(=O)Oc1ccc(C(CC(F)(F)F)N=[N+]=[N-])cc1. The van der Waals surface area contributed by atoms with Crippen molar-refractivity contribution >= 4 is 5.97 Å². The highest BCUT2D eigenvalue weighted by Gasteiger charge is 2.32. The molecule has 0 amide bonds. The highest BCUT2D eigenvalue weighted by Crippen LogP contribution is 2.32. The van der Waals surface area contributed by atoms with Crippen LogP contribution in [-0.2, 0) is 4.79 Å². The molecule has 1 atom stereocenters. The molecule has 0 N–H and O–H groups in total. The Labute approximate surface area is 106 Å². The number of carbonyl (C=O) groups is 1. The van der Waals surface area contributed by atoms with Crippen molar-refractivity contribution in [2.24, 2.45) is 5.11 Å². The molecule has 8 heteroatoms. The largest absolute Gasteiger partial charge is 0.427 e. The maximum absolute atomic E-state index is 12.3. The molecular weight excluding hydrogens is 263 g/mol. The smallest absolute Gasteiger partial charge is 0.389 e. The van der Waals surface area contributed by atoms with E-state index in [2.05, 4.69) is 10.0 Å². The third kappa shape index (κ3) is 5.31. The predicted molar refractivity (Wildman–Crippen MR) is 60.3 cm³/mol. The number of esters is 1. The molecule has 0 aromatic heterocycles. The summed E-state index contributed by atoms with van der Waals surface area (Å²) >= 11 is 0. The number of hydrogen-bond acceptors (Lipinski definition) is 3. The normalized spacial score (nSPS) is 12.4. The maximum atomic E-state index is 12.3. The molecule has 1 aromatic carbocycles. The van der Waals surface area contributed by atoms with E-state index in [1.807, 2.05) is 0 Å². The van der Waals surface area contributed by atoms with Crippen molar-refractivity contribution in [2.75, 3.05) is 0 Å². The van der Waals surface area contributed by atoms with Gasteiger partial charge in [-0.3, -0.25) is 4.79 Å². The summed E-state index contributed by atoms with van der Waals surface area (Å²) in [5, 5.41) is 3.12. The molecule has 19 heavy (non-hydrogen) atoms. The summed E-state index contributed by atoms with van der Waals surface area (Å²) in [7, 11) is 0. The summed E-state index contributed by atoms with van der Waals surface area (Å²) < 4.78 is 41.7. The van der Waals surface area contributed by atoms with Crippen LogP contribution in [-0.4, -0.2) is 12.1 Å². The second-order valence-corrected chi connectivity index (χ2v) is 3.70. The van der Waals surface area contributed by atoms with Crippen LogP contribution in [0.15, 0.2) is 29.4 Å². The van der Waals surface area contributed by atoms with Crippen LogP contribution < -0.4 is 4.74 Å². The maximum Gasteiger partial charge on any atom is 0.389 e. The first kappa shape index (κ1) is 14.8. The monoisotopic (exact) mass is 273 g/mol. The molecule has 0 aliphatic carbocycles. The van der Waals surface area contributed by atoms with Gasteiger partial charge in [0.25, 0.3) is 0 Å². The van der Waals surface area contributed by atoms with E-state index < -0.39 is 24.6 Å². The molecule has 1 aromatic rings. The molecule has 5 nitrogen and oxygen atoms in total. The third-order valence-electron chi connectivity index (χ3n) is 2.14. The van der Waals surface area contributed by atoms with E-state index in [4.69, 9.17) is 10.3 Å². The van der Waals surface area contributed by atoms with Crippen molar-refractivity contribution in [1.82, 2.24) is 0 Å². The lowest BCUT2D eigenvalue weighted by Crippen LogP contribution is -2.12. The average molecular weight is 273 g/mol. The van der Waals surface area contributed by atoms with Crippen LogP contribution in [0.25, 0.3) is 10.4 Å². The Kier molecular flexibility index (Phi) is 4.77. The fraction of sp³-hybridized carbons (Fsp3) is 0.364. The molecule has 0 aliphatic heterocycles. The van der Waals surface area contributed by atoms with E-state index in [9.17, 15) is 18.0 Å². The molecule has 0 spiro atoms. The standard InChI is InChI=1S/C11H10F3N3O2/c1-7(18)19-9-4-2-8(3-5-9)10(16-17-15)6-11(12,13)14/h2-5,10H,6H2,1H3. The fourth-order valence-corrected chi connectivity index (χ4v) is 1.43. The Morgan fingerprint density at radius 2 is 2.00 bits per heavy atom. The topological polar surface area (TPSA) is 75.1 Å². The second-order valence-electron chi connectivity index (χ2n) is 3.70. The van der Waals surface area contributed by atoms with Gasteiger partial charge in [-0.25, -0.2) is 0 Å². The highest BCUT2D eigenvalue weighted by atomic mass is 19.4. The Morgan fingerprint density at radius 1 is 1.42 bits per heavy atom. The van der Waals surface area contributed by atoms with Gasteiger partial charge in [0.2, 0.25) is 0 Å². The van der Waals surface area contributed by atoms with Gasteiger partial charge in [-0.1, -0.05) is 17.2 Å². The lowest BCUT2D eigenvalue weighted by Gasteiger charge is -2.14. The molecule has 0 aliphatic rings. The molecule has 0 radical (unpaired) electrons. The van der Waals surface area contributed by atoms with Crippen molar-refractivity contribution in [2.45, 2.75) is 25.6 Å². The van der Waals surface area contributed by atoms with Crippen LogP contribution in [0.2, 0.25) is 0 Å². The van der Waals surface area contributed by atoms with Crippen molar-refractivity contribution < 1.29 is 22.7 Å². The number of benzene rings is 1. The molecule has 0 heterocycles. The van der Waals surface area contributed by atoms with E-state index >= 15 is 0 Å². The first-order valence-electron chi connectivity index (χ1n) is 5.21. The third-order valence-corrected chi connectivity index (χ3v) is 2.14. The zero-order valence-corrected chi connectivity index (χ0v) is 9.89. The highest BCUT2D eigenvalue weighted by molar-refractivity contribution is 5.69. The quantitative estimate of drug-likeness (QED) is 0.274. The Balaban J connectivity index is 2.91. The minimum absolute atomic E-state index is 0.200. The van der Waals surface area contributed by atoms with Crippen molar-refractivity contribution in [3.05, 3.63) is 40.3 Å². The zero-order chi connectivity index (χ0) is 14.5. The number of nitrogens with zero attached hydrogens (tertiary/aromatic N) is 3. The molecule has 102 valence electrons. The van der Waals surface area contributed by atoms with Gasteiger partial charge in [-0.05, 0) is 23.2 Å². The Bertz CT molecular complexity index is 493. The summed E-state index contributed by atoms with van der Waals surface area (Å²) in [4.78, 5) is 13.1. The van der Waals surface area contributed by atoms with Gasteiger partial charge in [-0.2, -0.15) is 13.2 Å². The molecule has 0 fully saturated rings. The molecule has 1 rings (SSSR count). The van der Waals surface area contributed by atoms with E-state index in [1.165, 1.54) is 31.2 Å². The Morgan fingerprint density at radius 3 is 2.42 bits per heavy atom. The van der Waals surface area contributed by atoms with Crippen LogP contribution >= 0.6 is 0 Å². The van der Waals surface area contributed by atoms with Crippen LogP contribution in [0, 0.1) is 0 Å². The van der Waals surface area contributed by atoms with Crippen LogP contribution in [0.4, 0.5) is 13.2 Å². The minimum atomic E-state index is -4.44. The number of carbonyl (C=O) groups excluding carboxylic acids is 1. The molecule has 0 saturated carbocycles. The molecule has 1 unspecified atom stereocenters. The summed E-state index contributed by atoms with van der Waals surface area (Å²) in [6.45, 7) is 1.21. The lowest BCUT2D eigenvalue weighted by atomic mass is 10.0. The van der Waals surface area contributed by atoms with Crippen LogP contribution in [0.5, 0.6) is 5.75 Å². The summed E-state index contributed by atoms with van der Waals surface area (Å²) in [5.74, 6) is -0.322. The van der Waals surface area contributed by atoms with Gasteiger partial charge < -0.3 is 4.74 Å². The molecule has 0 bridgehead atoms. The van der Waals surface area contributed by atoms with Gasteiger partial charge in [-0.15, -0.1) is 0 Å². The number of halogens is 3. The van der Waals surface area contributed by atoms with Crippen molar-refractivity contribution in [3.63, 3.8) is 0 Å². The second kappa shape index (κ2) is 6.10. The summed E-state index contributed by atoms with van der Waals surface area (Å²) in [6, 6.07) is 3.99. The van der Waals surface area contributed by atoms with Crippen molar-refractivity contribution in [1.29, 1.82) is 0 Å². The van der Waals surface area contributed by atoms with E-state index in [1.54, 1.807) is 0 Å². The average Bonchev–Trinajstić information content (AvgIpc) is 2.27. The van der Waals surface area contributed by atoms with Crippen LogP contribution in [0.3, 0.4) is 0 Å². The van der Waals surface area contributed by atoms with Gasteiger partial charge in [0.1, 0.15) is 5.75 Å². The summed E-state index contributed by atoms with van der Waals surface area (Å²) in [5.41, 5.74) is 8.49. The van der Waals surface area contributed by atoms with Crippen LogP contribution in [0.1, 0.15) is 24.9 Å². The molecule has 0 saturated heterocycles. The Hall–Kier alpha value is -2.21. The number of ether oxygens (including phenoxy) is 1. The first-order valence-corrected chi connectivity index (χ1v) is 5.21. The number of hydrogen-bond donors (Lipinski definition) is 0. The van der Waals surface area contributed by atoms with E-state index in [-0.39, 0.29) is 11.3 Å². The van der Waals surface area contributed by atoms with Gasteiger partial charge >= 0.3 is 12.1 Å². The first-order chi connectivity index (χ1) is 8.81. The van der Waals surface area contributed by atoms with Gasteiger partial charge in [0, 0.05) is 11.8 Å². The summed E-state index contributed by atoms with van der Waals surface area (Å²) in [6.07, 6.45) is -5.68. The fourth-order valence-electron chi connectivity index (χ4n) is 1.43. The zero-order valence-electron chi connectivity index (χ0n) is 9.89. The lowest BCUT2D eigenvalue weighted by molar-refractivity contribution is -0.138.